The van der Waals surface area contributed by atoms with Crippen LogP contribution in [0.25, 0.3) is 11.0 Å². The molecule has 0 bridgehead atoms. The molecule has 0 saturated carbocycles. The highest BCUT2D eigenvalue weighted by Crippen LogP contribution is 2.37. The van der Waals surface area contributed by atoms with Crippen LogP contribution in [0.2, 0.25) is 0 Å². The predicted molar refractivity (Wildman–Crippen MR) is 77.9 cm³/mol. The van der Waals surface area contributed by atoms with Crippen molar-refractivity contribution in [1.82, 2.24) is 9.55 Å². The van der Waals surface area contributed by atoms with E-state index < -0.39 is 15.2 Å². The Morgan fingerprint density at radius 1 is 1.40 bits per heavy atom. The molecule has 2 heterocycles. The van der Waals surface area contributed by atoms with Gasteiger partial charge in [-0.05, 0) is 19.1 Å². The van der Waals surface area contributed by atoms with Crippen molar-refractivity contribution in [2.24, 2.45) is 0 Å². The van der Waals surface area contributed by atoms with Gasteiger partial charge in [0.15, 0.2) is 0 Å². The van der Waals surface area contributed by atoms with Crippen LogP contribution in [-0.4, -0.2) is 20.6 Å². The molecule has 0 fully saturated rings. The predicted octanol–water partition coefficient (Wildman–Crippen LogP) is 2.94. The summed E-state index contributed by atoms with van der Waals surface area (Å²) < 4.78 is -0.186. The molecular formula is C12H9Cl3N2O3. The van der Waals surface area contributed by atoms with E-state index in [4.69, 9.17) is 39.9 Å². The van der Waals surface area contributed by atoms with Crippen molar-refractivity contribution in [3.8, 4) is 0 Å². The van der Waals surface area contributed by atoms with Crippen molar-refractivity contribution in [2.75, 3.05) is 0 Å². The van der Waals surface area contributed by atoms with Crippen LogP contribution in [0.1, 0.15) is 23.0 Å². The van der Waals surface area contributed by atoms with Gasteiger partial charge in [-0.25, -0.2) is 9.78 Å². The van der Waals surface area contributed by atoms with Crippen LogP contribution in [0.4, 0.5) is 0 Å². The zero-order chi connectivity index (χ0) is 15.1. The van der Waals surface area contributed by atoms with Crippen LogP contribution in [-0.2, 0) is 10.3 Å². The third-order valence-electron chi connectivity index (χ3n) is 2.78. The zero-order valence-corrected chi connectivity index (χ0v) is 12.5. The first-order chi connectivity index (χ1) is 9.25. The van der Waals surface area contributed by atoms with Crippen molar-refractivity contribution < 1.29 is 9.90 Å². The lowest BCUT2D eigenvalue weighted by atomic mass is 10.2. The fourth-order valence-corrected chi connectivity index (χ4v) is 2.13. The smallest absolute Gasteiger partial charge is 0.341 e. The van der Waals surface area contributed by atoms with Gasteiger partial charge in [-0.2, -0.15) is 0 Å². The summed E-state index contributed by atoms with van der Waals surface area (Å²) in [6.45, 7) is 2.21. The average molecular weight is 336 g/mol. The summed E-state index contributed by atoms with van der Waals surface area (Å²) in [6.07, 6.45) is 1.24. The topological polar surface area (TPSA) is 72.2 Å². The Morgan fingerprint density at radius 3 is 2.55 bits per heavy atom. The van der Waals surface area contributed by atoms with Crippen molar-refractivity contribution >= 4 is 51.8 Å². The number of hydrogen-bond donors (Lipinski definition) is 1. The lowest BCUT2D eigenvalue weighted by molar-refractivity contribution is 0.0695. The molecule has 1 N–H and O–H groups in total. The van der Waals surface area contributed by atoms with Gasteiger partial charge in [-0.1, -0.05) is 34.8 Å². The summed E-state index contributed by atoms with van der Waals surface area (Å²) in [5.74, 6) is -1.29. The molecule has 2 rings (SSSR count). The van der Waals surface area contributed by atoms with Gasteiger partial charge in [0.1, 0.15) is 11.2 Å². The molecule has 5 nitrogen and oxygen atoms in total. The third kappa shape index (κ3) is 2.61. The van der Waals surface area contributed by atoms with Gasteiger partial charge in [-0.15, -0.1) is 0 Å². The number of aromatic nitrogens is 2. The number of carboxylic acids is 1. The Labute approximate surface area is 128 Å². The number of fused-ring (bicyclic) bond motifs is 1. The molecule has 0 aromatic carbocycles. The zero-order valence-electron chi connectivity index (χ0n) is 10.2. The second kappa shape index (κ2) is 5.24. The number of carboxylic acid groups (broad SMARTS) is 1. The molecule has 0 atom stereocenters. The summed E-state index contributed by atoms with van der Waals surface area (Å²) in [5, 5.41) is 9.20. The van der Waals surface area contributed by atoms with Gasteiger partial charge >= 0.3 is 5.97 Å². The van der Waals surface area contributed by atoms with Crippen molar-refractivity contribution in [1.29, 1.82) is 0 Å². The minimum absolute atomic E-state index is 0.166. The van der Waals surface area contributed by atoms with Gasteiger partial charge in [0.25, 0.3) is 0 Å². The minimum Gasteiger partial charge on any atom is -0.477 e. The highest BCUT2D eigenvalue weighted by atomic mass is 35.6. The number of hydrogen-bond acceptors (Lipinski definition) is 3. The number of carbonyl (C=O) groups is 1. The number of aryl methyl sites for hydroxylation is 1. The number of aromatic carboxylic acids is 1. The van der Waals surface area contributed by atoms with E-state index >= 15 is 0 Å². The second-order valence-corrected chi connectivity index (χ2v) is 6.31. The first-order valence-electron chi connectivity index (χ1n) is 5.60. The van der Waals surface area contributed by atoms with E-state index in [9.17, 15) is 9.59 Å². The van der Waals surface area contributed by atoms with Gasteiger partial charge in [0.2, 0.25) is 9.22 Å². The SMILES string of the molecule is CCn1cc(C(=O)O)c(=O)c2ccc(C(Cl)(Cl)Cl)nc21. The first kappa shape index (κ1) is 15.1. The highest BCUT2D eigenvalue weighted by molar-refractivity contribution is 6.66. The van der Waals surface area contributed by atoms with E-state index in [0.717, 1.165) is 0 Å². The highest BCUT2D eigenvalue weighted by Gasteiger charge is 2.26. The molecule has 0 aliphatic rings. The molecule has 0 unspecified atom stereocenters. The summed E-state index contributed by atoms with van der Waals surface area (Å²) in [4.78, 5) is 27.3. The van der Waals surface area contributed by atoms with E-state index in [1.165, 1.54) is 22.9 Å². The van der Waals surface area contributed by atoms with Crippen LogP contribution in [0.15, 0.2) is 23.1 Å². The largest absolute Gasteiger partial charge is 0.477 e. The Hall–Kier alpha value is -1.30. The number of nitrogens with zero attached hydrogens (tertiary/aromatic N) is 2. The van der Waals surface area contributed by atoms with Crippen molar-refractivity contribution in [3.05, 3.63) is 39.8 Å². The van der Waals surface area contributed by atoms with E-state index in [1.54, 1.807) is 6.92 Å². The minimum atomic E-state index is -1.71. The van der Waals surface area contributed by atoms with Crippen LogP contribution in [0.5, 0.6) is 0 Å². The third-order valence-corrected chi connectivity index (χ3v) is 3.36. The quantitative estimate of drug-likeness (QED) is 0.857. The van der Waals surface area contributed by atoms with E-state index in [-0.39, 0.29) is 22.3 Å². The summed E-state index contributed by atoms with van der Waals surface area (Å²) >= 11 is 17.3. The number of alkyl halides is 3. The molecule has 0 amide bonds. The molecule has 106 valence electrons. The van der Waals surface area contributed by atoms with Gasteiger partial charge < -0.3 is 9.67 Å². The number of halogens is 3. The summed E-state index contributed by atoms with van der Waals surface area (Å²) in [6, 6.07) is 2.81. The van der Waals surface area contributed by atoms with E-state index in [0.29, 0.717) is 6.54 Å². The fraction of sp³-hybridized carbons (Fsp3) is 0.250. The lowest BCUT2D eigenvalue weighted by Gasteiger charge is -2.14. The number of rotatable bonds is 2. The Balaban J connectivity index is 2.87. The van der Waals surface area contributed by atoms with Crippen LogP contribution >= 0.6 is 34.8 Å². The normalized spacial score (nSPS) is 11.8. The van der Waals surface area contributed by atoms with Gasteiger partial charge in [0.05, 0.1) is 11.1 Å². The standard InChI is InChI=1S/C12H9Cl3N2O3/c1-2-17-5-7(11(19)20)9(18)6-3-4-8(12(13,14)15)16-10(6)17/h3-5H,2H2,1H3,(H,19,20). The van der Waals surface area contributed by atoms with Crippen molar-refractivity contribution in [2.45, 2.75) is 17.3 Å². The molecule has 8 heteroatoms. The van der Waals surface area contributed by atoms with Crippen LogP contribution in [0.3, 0.4) is 0 Å². The molecule has 0 saturated heterocycles. The van der Waals surface area contributed by atoms with Crippen LogP contribution < -0.4 is 5.43 Å². The maximum atomic E-state index is 12.1. The van der Waals surface area contributed by atoms with Crippen molar-refractivity contribution in [3.63, 3.8) is 0 Å². The Bertz CT molecular complexity index is 750. The fourth-order valence-electron chi connectivity index (χ4n) is 1.82. The average Bonchev–Trinajstić information content (AvgIpc) is 2.37. The van der Waals surface area contributed by atoms with E-state index in [2.05, 4.69) is 4.98 Å². The number of pyridine rings is 2. The molecule has 0 aliphatic heterocycles. The molecule has 0 radical (unpaired) electrons. The molecule has 0 aliphatic carbocycles. The molecule has 0 spiro atoms. The Kier molecular flexibility index (Phi) is 3.95. The monoisotopic (exact) mass is 334 g/mol. The second-order valence-electron chi connectivity index (χ2n) is 4.03. The Morgan fingerprint density at radius 2 is 2.05 bits per heavy atom. The molecule has 20 heavy (non-hydrogen) atoms. The van der Waals surface area contributed by atoms with Gasteiger partial charge in [0, 0.05) is 12.7 Å². The van der Waals surface area contributed by atoms with E-state index in [1.807, 2.05) is 0 Å². The molecule has 2 aromatic heterocycles. The molecule has 2 aromatic rings. The maximum absolute atomic E-state index is 12.1. The van der Waals surface area contributed by atoms with Gasteiger partial charge in [-0.3, -0.25) is 4.79 Å². The van der Waals surface area contributed by atoms with Crippen LogP contribution in [0, 0.1) is 0 Å². The maximum Gasteiger partial charge on any atom is 0.341 e. The summed E-state index contributed by atoms with van der Waals surface area (Å²) in [5.41, 5.74) is -0.477. The summed E-state index contributed by atoms with van der Waals surface area (Å²) in [7, 11) is 0. The first-order valence-corrected chi connectivity index (χ1v) is 6.73. The lowest BCUT2D eigenvalue weighted by Crippen LogP contribution is -2.20. The molecular weight excluding hydrogens is 327 g/mol.